The van der Waals surface area contributed by atoms with Crippen LogP contribution in [0.5, 0.6) is 0 Å². The lowest BCUT2D eigenvalue weighted by atomic mass is 9.85. The summed E-state index contributed by atoms with van der Waals surface area (Å²) in [4.78, 5) is 39.8. The topological polar surface area (TPSA) is 108 Å². The fourth-order valence-electron chi connectivity index (χ4n) is 3.94. The molecule has 1 aliphatic carbocycles. The van der Waals surface area contributed by atoms with Gasteiger partial charge in [-0.1, -0.05) is 11.6 Å². The van der Waals surface area contributed by atoms with E-state index in [2.05, 4.69) is 15.5 Å². The number of nitrogens with zero attached hydrogens (tertiary/aromatic N) is 3. The number of ether oxygens (including phenoxy) is 1. The summed E-state index contributed by atoms with van der Waals surface area (Å²) in [6, 6.07) is 0.0299. The molecule has 10 heteroatoms. The van der Waals surface area contributed by atoms with Gasteiger partial charge >= 0.3 is 6.09 Å². The fraction of sp³-hybridized carbons (Fsp3) is 0.684. The van der Waals surface area contributed by atoms with Gasteiger partial charge in [-0.25, -0.2) is 9.89 Å². The van der Waals surface area contributed by atoms with E-state index in [1.54, 1.807) is 4.90 Å². The summed E-state index contributed by atoms with van der Waals surface area (Å²) in [5.41, 5.74) is 0.104. The summed E-state index contributed by atoms with van der Waals surface area (Å²) in [7, 11) is 1.82. The van der Waals surface area contributed by atoms with E-state index in [-0.39, 0.29) is 29.0 Å². The second-order valence-corrected chi connectivity index (χ2v) is 8.08. The largest absolute Gasteiger partial charge is 0.444 e. The van der Waals surface area contributed by atoms with Gasteiger partial charge in [0.25, 0.3) is 5.56 Å². The van der Waals surface area contributed by atoms with Crippen LogP contribution in [-0.2, 0) is 9.53 Å². The van der Waals surface area contributed by atoms with Gasteiger partial charge in [-0.2, -0.15) is 5.10 Å². The molecule has 2 fully saturated rings. The van der Waals surface area contributed by atoms with Crippen LogP contribution in [0.2, 0.25) is 5.02 Å². The lowest BCUT2D eigenvalue weighted by molar-refractivity contribution is -0.135. The number of nitrogens with one attached hydrogen (secondary N) is 2. The number of carbonyl (C=O) groups is 2. The molecule has 2 heterocycles. The van der Waals surface area contributed by atoms with E-state index in [0.29, 0.717) is 31.7 Å². The van der Waals surface area contributed by atoms with Crippen molar-refractivity contribution in [3.63, 3.8) is 0 Å². The highest BCUT2D eigenvalue weighted by molar-refractivity contribution is 6.33. The van der Waals surface area contributed by atoms with Gasteiger partial charge in [-0.15, -0.1) is 0 Å². The number of rotatable bonds is 5. The number of halogens is 1. The van der Waals surface area contributed by atoms with Crippen molar-refractivity contribution < 1.29 is 14.3 Å². The van der Waals surface area contributed by atoms with Crippen molar-refractivity contribution in [1.29, 1.82) is 0 Å². The maximum absolute atomic E-state index is 12.3. The predicted molar refractivity (Wildman–Crippen MR) is 109 cm³/mol. The Labute approximate surface area is 174 Å². The van der Waals surface area contributed by atoms with Crippen molar-refractivity contribution >= 4 is 29.3 Å². The molecule has 1 saturated carbocycles. The third-order valence-electron chi connectivity index (χ3n) is 5.79. The molecule has 0 aromatic carbocycles. The summed E-state index contributed by atoms with van der Waals surface area (Å²) in [5.74, 6) is 0.234. The number of aromatic nitrogens is 2. The number of hydrogen-bond donors (Lipinski definition) is 2. The van der Waals surface area contributed by atoms with Crippen LogP contribution in [0.15, 0.2) is 11.0 Å². The number of carbonyl (C=O) groups excluding carboxylic acids is 2. The average Bonchev–Trinajstić information content (AvgIpc) is 3.17. The lowest BCUT2D eigenvalue weighted by Gasteiger charge is -2.30. The molecule has 0 unspecified atom stereocenters. The molecule has 1 aromatic heterocycles. The molecule has 2 aliphatic rings. The third-order valence-corrected chi connectivity index (χ3v) is 6.15. The van der Waals surface area contributed by atoms with Gasteiger partial charge in [-0.05, 0) is 32.6 Å². The quantitative estimate of drug-likeness (QED) is 0.744. The van der Waals surface area contributed by atoms with Gasteiger partial charge in [0, 0.05) is 38.5 Å². The maximum atomic E-state index is 12.3. The minimum absolute atomic E-state index is 0.0299. The zero-order chi connectivity index (χ0) is 21.0. The Hall–Kier alpha value is -2.29. The number of alkyl carbamates (subject to hydrolysis) is 1. The molecular weight excluding hydrogens is 398 g/mol. The molecule has 0 spiro atoms. The molecule has 0 bridgehead atoms. The second kappa shape index (κ2) is 9.47. The molecule has 2 amide bonds. The van der Waals surface area contributed by atoms with E-state index in [0.717, 1.165) is 25.7 Å². The number of amides is 2. The van der Waals surface area contributed by atoms with Crippen LogP contribution in [0.25, 0.3) is 0 Å². The molecule has 9 nitrogen and oxygen atoms in total. The van der Waals surface area contributed by atoms with Gasteiger partial charge in [0.1, 0.15) is 11.1 Å². The van der Waals surface area contributed by atoms with Gasteiger partial charge in [0.2, 0.25) is 5.91 Å². The monoisotopic (exact) mass is 425 g/mol. The van der Waals surface area contributed by atoms with E-state index in [4.69, 9.17) is 16.3 Å². The molecule has 160 valence electrons. The van der Waals surface area contributed by atoms with Gasteiger partial charge in [-0.3, -0.25) is 9.59 Å². The van der Waals surface area contributed by atoms with Gasteiger partial charge < -0.3 is 19.9 Å². The Kier molecular flexibility index (Phi) is 7.00. The molecule has 2 N–H and O–H groups in total. The average molecular weight is 426 g/mol. The smallest absolute Gasteiger partial charge is 0.407 e. The van der Waals surface area contributed by atoms with E-state index in [9.17, 15) is 14.4 Å². The Bertz CT molecular complexity index is 793. The van der Waals surface area contributed by atoms with Gasteiger partial charge in [0.05, 0.1) is 18.4 Å². The van der Waals surface area contributed by atoms with Crippen LogP contribution in [0.1, 0.15) is 39.0 Å². The molecule has 1 saturated heterocycles. The number of anilines is 1. The van der Waals surface area contributed by atoms with Crippen LogP contribution in [0.4, 0.5) is 10.5 Å². The van der Waals surface area contributed by atoms with Crippen LogP contribution in [0.3, 0.4) is 0 Å². The first-order valence-corrected chi connectivity index (χ1v) is 10.5. The zero-order valence-corrected chi connectivity index (χ0v) is 17.6. The summed E-state index contributed by atoms with van der Waals surface area (Å²) in [6.45, 7) is 3.76. The second-order valence-electron chi connectivity index (χ2n) is 7.71. The third kappa shape index (κ3) is 5.20. The Morgan fingerprint density at radius 1 is 1.34 bits per heavy atom. The Morgan fingerprint density at radius 2 is 2.07 bits per heavy atom. The maximum Gasteiger partial charge on any atom is 0.407 e. The number of aromatic amines is 1. The van der Waals surface area contributed by atoms with E-state index >= 15 is 0 Å². The lowest BCUT2D eigenvalue weighted by Crippen LogP contribution is -2.42. The Balaban J connectivity index is 1.43. The van der Waals surface area contributed by atoms with Crippen molar-refractivity contribution in [2.24, 2.45) is 5.92 Å². The number of hydrogen-bond acceptors (Lipinski definition) is 6. The highest BCUT2D eigenvalue weighted by Crippen LogP contribution is 2.27. The summed E-state index contributed by atoms with van der Waals surface area (Å²) in [5, 5.41) is 9.08. The van der Waals surface area contributed by atoms with Crippen LogP contribution >= 0.6 is 11.6 Å². The summed E-state index contributed by atoms with van der Waals surface area (Å²) in [6.07, 6.45) is 4.54. The van der Waals surface area contributed by atoms with E-state index in [1.807, 2.05) is 18.9 Å². The first-order chi connectivity index (χ1) is 13.9. The minimum Gasteiger partial charge on any atom is -0.444 e. The standard InChI is InChI=1S/C19H28ClN5O4/c1-3-24(2)18(27)12-4-6-13(7-5-12)22-19(28)29-14-8-9-25(11-14)15-10-21-23-17(26)16(15)20/h10,12-14H,3-9,11H2,1-2H3,(H,22,28)(H,23,26)/t12-,13-,14-/m1/s1. The Morgan fingerprint density at radius 3 is 2.76 bits per heavy atom. The SMILES string of the molecule is CCN(C)C(=O)[C@H]1CC[C@H](NC(=O)O[C@@H]2CCN(c3cn[nH]c(=O)c3Cl)C2)CC1. The van der Waals surface area contributed by atoms with Crippen molar-refractivity contribution in [3.05, 3.63) is 21.6 Å². The first kappa shape index (κ1) is 21.4. The molecular formula is C19H28ClN5O4. The molecule has 3 rings (SSSR count). The van der Waals surface area contributed by atoms with Crippen LogP contribution < -0.4 is 15.8 Å². The molecule has 0 radical (unpaired) electrons. The zero-order valence-electron chi connectivity index (χ0n) is 16.8. The molecule has 1 atom stereocenters. The van der Waals surface area contributed by atoms with E-state index < -0.39 is 11.7 Å². The summed E-state index contributed by atoms with van der Waals surface area (Å²) < 4.78 is 5.55. The summed E-state index contributed by atoms with van der Waals surface area (Å²) >= 11 is 6.05. The van der Waals surface area contributed by atoms with Crippen LogP contribution in [-0.4, -0.2) is 65.9 Å². The van der Waals surface area contributed by atoms with Crippen molar-refractivity contribution in [2.75, 3.05) is 31.6 Å². The molecule has 1 aliphatic heterocycles. The molecule has 1 aromatic rings. The predicted octanol–water partition coefficient (Wildman–Crippen LogP) is 1.77. The first-order valence-electron chi connectivity index (χ1n) is 10.1. The highest BCUT2D eigenvalue weighted by atomic mass is 35.5. The van der Waals surface area contributed by atoms with Gasteiger partial charge in [0.15, 0.2) is 0 Å². The van der Waals surface area contributed by atoms with Crippen molar-refractivity contribution in [2.45, 2.75) is 51.2 Å². The van der Waals surface area contributed by atoms with Crippen LogP contribution in [0, 0.1) is 5.92 Å². The van der Waals surface area contributed by atoms with Crippen molar-refractivity contribution in [1.82, 2.24) is 20.4 Å². The normalized spacial score (nSPS) is 24.2. The minimum atomic E-state index is -0.439. The van der Waals surface area contributed by atoms with E-state index in [1.165, 1.54) is 6.20 Å². The highest BCUT2D eigenvalue weighted by Gasteiger charge is 2.31. The number of H-pyrrole nitrogens is 1. The fourth-order valence-corrected chi connectivity index (χ4v) is 4.15. The molecule has 29 heavy (non-hydrogen) atoms. The van der Waals surface area contributed by atoms with Crippen molar-refractivity contribution in [3.8, 4) is 0 Å².